The SMILES string of the molecule is CCN(C(=O)COC(=O)c1ccc2c(c1)CCCC2)[C@@H]1CCS(=O)(=O)C1. The molecule has 1 atom stereocenters. The Morgan fingerprint density at radius 2 is 1.92 bits per heavy atom. The molecule has 1 heterocycles. The number of hydrogen-bond acceptors (Lipinski definition) is 5. The van der Waals surface area contributed by atoms with Crippen molar-refractivity contribution in [3.05, 3.63) is 34.9 Å². The minimum Gasteiger partial charge on any atom is -0.452 e. The highest BCUT2D eigenvalue weighted by Crippen LogP contribution is 2.23. The molecule has 6 nitrogen and oxygen atoms in total. The Bertz CT molecular complexity index is 802. The lowest BCUT2D eigenvalue weighted by atomic mass is 9.90. The van der Waals surface area contributed by atoms with Crippen molar-refractivity contribution in [3.8, 4) is 0 Å². The minimum atomic E-state index is -3.07. The van der Waals surface area contributed by atoms with Gasteiger partial charge in [-0.05, 0) is 62.3 Å². The molecule has 7 heteroatoms. The number of carbonyl (C=O) groups is 2. The van der Waals surface area contributed by atoms with E-state index in [-0.39, 0.29) is 30.1 Å². The van der Waals surface area contributed by atoms with Gasteiger partial charge < -0.3 is 9.64 Å². The van der Waals surface area contributed by atoms with Crippen LogP contribution in [0.4, 0.5) is 0 Å². The summed E-state index contributed by atoms with van der Waals surface area (Å²) in [5.74, 6) is -0.760. The fourth-order valence-corrected chi connectivity index (χ4v) is 5.54. The number of likely N-dealkylation sites (N-methyl/N-ethyl adjacent to an activating group) is 1. The highest BCUT2D eigenvalue weighted by atomic mass is 32.2. The number of ether oxygens (including phenoxy) is 1. The second-order valence-electron chi connectivity index (χ2n) is 7.00. The predicted octanol–water partition coefficient (Wildman–Crippen LogP) is 1.76. The summed E-state index contributed by atoms with van der Waals surface area (Å²) >= 11 is 0. The summed E-state index contributed by atoms with van der Waals surface area (Å²) < 4.78 is 28.5. The second-order valence-corrected chi connectivity index (χ2v) is 9.23. The van der Waals surface area contributed by atoms with Crippen molar-refractivity contribution in [2.45, 2.75) is 45.1 Å². The molecule has 1 aromatic rings. The molecule has 0 radical (unpaired) electrons. The fourth-order valence-electron chi connectivity index (χ4n) is 3.81. The van der Waals surface area contributed by atoms with Crippen molar-refractivity contribution in [2.24, 2.45) is 0 Å². The molecule has 1 amide bonds. The van der Waals surface area contributed by atoms with Crippen LogP contribution in [-0.2, 0) is 32.2 Å². The molecule has 1 aliphatic carbocycles. The first-order chi connectivity index (χ1) is 12.4. The van der Waals surface area contributed by atoms with E-state index in [1.165, 1.54) is 22.4 Å². The van der Waals surface area contributed by atoms with Gasteiger partial charge in [-0.3, -0.25) is 4.79 Å². The van der Waals surface area contributed by atoms with Crippen LogP contribution < -0.4 is 0 Å². The van der Waals surface area contributed by atoms with E-state index in [0.29, 0.717) is 18.5 Å². The van der Waals surface area contributed by atoms with Crippen LogP contribution in [-0.4, -0.2) is 55.9 Å². The third-order valence-corrected chi connectivity index (χ3v) is 6.97. The second kappa shape index (κ2) is 7.78. The molecule has 1 saturated heterocycles. The Balaban J connectivity index is 1.59. The molecular formula is C19H25NO5S. The molecule has 142 valence electrons. The quantitative estimate of drug-likeness (QED) is 0.728. The van der Waals surface area contributed by atoms with Gasteiger partial charge in [0.2, 0.25) is 0 Å². The molecule has 2 aliphatic rings. The van der Waals surface area contributed by atoms with Crippen molar-refractivity contribution >= 4 is 21.7 Å². The van der Waals surface area contributed by atoms with Crippen LogP contribution in [0.15, 0.2) is 18.2 Å². The van der Waals surface area contributed by atoms with Crippen LogP contribution in [0.5, 0.6) is 0 Å². The Kier molecular flexibility index (Phi) is 5.65. The van der Waals surface area contributed by atoms with Crippen LogP contribution in [0.25, 0.3) is 0 Å². The van der Waals surface area contributed by atoms with Crippen molar-refractivity contribution in [1.82, 2.24) is 4.90 Å². The number of carbonyl (C=O) groups excluding carboxylic acids is 2. The Hall–Kier alpha value is -1.89. The van der Waals surface area contributed by atoms with E-state index in [1.807, 2.05) is 12.1 Å². The summed E-state index contributed by atoms with van der Waals surface area (Å²) in [6.45, 7) is 1.84. The molecule has 1 aromatic carbocycles. The number of hydrogen-bond donors (Lipinski definition) is 0. The smallest absolute Gasteiger partial charge is 0.338 e. The van der Waals surface area contributed by atoms with Gasteiger partial charge in [0.1, 0.15) is 0 Å². The monoisotopic (exact) mass is 379 g/mol. The van der Waals surface area contributed by atoms with Gasteiger partial charge in [0.15, 0.2) is 16.4 Å². The van der Waals surface area contributed by atoms with Gasteiger partial charge in [-0.2, -0.15) is 0 Å². The van der Waals surface area contributed by atoms with E-state index >= 15 is 0 Å². The molecule has 0 spiro atoms. The standard InChI is InChI=1S/C19H25NO5S/c1-2-20(17-9-10-26(23,24)13-17)18(21)12-25-19(22)16-8-7-14-5-3-4-6-15(14)11-16/h7-8,11,17H,2-6,9-10,12-13H2,1H3/t17-/m1/s1. The Morgan fingerprint density at radius 3 is 2.58 bits per heavy atom. The van der Waals surface area contributed by atoms with Crippen LogP contribution >= 0.6 is 0 Å². The number of benzene rings is 1. The molecule has 1 aliphatic heterocycles. The lowest BCUT2D eigenvalue weighted by Crippen LogP contribution is -2.43. The summed E-state index contributed by atoms with van der Waals surface area (Å²) in [5.41, 5.74) is 2.93. The predicted molar refractivity (Wildman–Crippen MR) is 97.8 cm³/mol. The number of amides is 1. The largest absolute Gasteiger partial charge is 0.452 e. The zero-order valence-electron chi connectivity index (χ0n) is 15.1. The maximum absolute atomic E-state index is 12.4. The first-order valence-electron chi connectivity index (χ1n) is 9.18. The zero-order chi connectivity index (χ0) is 18.7. The number of rotatable bonds is 5. The summed E-state index contributed by atoms with van der Waals surface area (Å²) in [5, 5.41) is 0. The van der Waals surface area contributed by atoms with E-state index in [2.05, 4.69) is 0 Å². The average Bonchev–Trinajstić information content (AvgIpc) is 2.99. The molecule has 0 unspecified atom stereocenters. The van der Waals surface area contributed by atoms with Crippen LogP contribution in [0, 0.1) is 0 Å². The molecule has 1 fully saturated rings. The number of esters is 1. The van der Waals surface area contributed by atoms with Crippen LogP contribution in [0.1, 0.15) is 47.7 Å². The molecule has 0 saturated carbocycles. The lowest BCUT2D eigenvalue weighted by molar-refractivity contribution is -0.136. The zero-order valence-corrected chi connectivity index (χ0v) is 15.9. The maximum Gasteiger partial charge on any atom is 0.338 e. The number of nitrogens with zero attached hydrogens (tertiary/aromatic N) is 1. The Labute approximate surface area is 154 Å². The lowest BCUT2D eigenvalue weighted by Gasteiger charge is -2.26. The number of sulfone groups is 1. The summed E-state index contributed by atoms with van der Waals surface area (Å²) in [6, 6.07) is 5.26. The normalized spacial score (nSPS) is 21.0. The molecular weight excluding hydrogens is 354 g/mol. The van der Waals surface area contributed by atoms with Crippen molar-refractivity contribution in [3.63, 3.8) is 0 Å². The molecule has 0 N–H and O–H groups in total. The fraction of sp³-hybridized carbons (Fsp3) is 0.579. The highest BCUT2D eigenvalue weighted by molar-refractivity contribution is 7.91. The number of fused-ring (bicyclic) bond motifs is 1. The van der Waals surface area contributed by atoms with Crippen molar-refractivity contribution in [2.75, 3.05) is 24.7 Å². The first-order valence-corrected chi connectivity index (χ1v) is 11.0. The summed E-state index contributed by atoms with van der Waals surface area (Å²) in [4.78, 5) is 26.2. The molecule has 0 aromatic heterocycles. The Morgan fingerprint density at radius 1 is 1.19 bits per heavy atom. The van der Waals surface area contributed by atoms with Crippen molar-refractivity contribution < 1.29 is 22.7 Å². The third-order valence-electron chi connectivity index (χ3n) is 5.22. The summed E-state index contributed by atoms with van der Waals surface area (Å²) in [7, 11) is -3.07. The maximum atomic E-state index is 12.4. The van der Waals surface area contributed by atoms with Crippen LogP contribution in [0.2, 0.25) is 0 Å². The van der Waals surface area contributed by atoms with Gasteiger partial charge in [-0.25, -0.2) is 13.2 Å². The van der Waals surface area contributed by atoms with Gasteiger partial charge in [-0.1, -0.05) is 6.07 Å². The van der Waals surface area contributed by atoms with E-state index in [1.54, 1.807) is 13.0 Å². The third kappa shape index (κ3) is 4.26. The van der Waals surface area contributed by atoms with Crippen LogP contribution in [0.3, 0.4) is 0 Å². The average molecular weight is 379 g/mol. The van der Waals surface area contributed by atoms with Gasteiger partial charge in [-0.15, -0.1) is 0 Å². The summed E-state index contributed by atoms with van der Waals surface area (Å²) in [6.07, 6.45) is 4.75. The topological polar surface area (TPSA) is 80.8 Å². The van der Waals surface area contributed by atoms with Gasteiger partial charge >= 0.3 is 5.97 Å². The van der Waals surface area contributed by atoms with E-state index in [0.717, 1.165) is 19.3 Å². The van der Waals surface area contributed by atoms with Gasteiger partial charge in [0, 0.05) is 12.6 Å². The molecule has 3 rings (SSSR count). The molecule has 26 heavy (non-hydrogen) atoms. The van der Waals surface area contributed by atoms with Gasteiger partial charge in [0.25, 0.3) is 5.91 Å². The number of aryl methyl sites for hydroxylation is 2. The van der Waals surface area contributed by atoms with Gasteiger partial charge in [0.05, 0.1) is 17.1 Å². The molecule has 0 bridgehead atoms. The first kappa shape index (κ1) is 18.9. The van der Waals surface area contributed by atoms with E-state index < -0.39 is 15.8 Å². The van der Waals surface area contributed by atoms with E-state index in [4.69, 9.17) is 4.74 Å². The van der Waals surface area contributed by atoms with Crippen molar-refractivity contribution in [1.29, 1.82) is 0 Å². The minimum absolute atomic E-state index is 0.00858. The van der Waals surface area contributed by atoms with E-state index in [9.17, 15) is 18.0 Å². The highest BCUT2D eigenvalue weighted by Gasteiger charge is 2.34.